The lowest BCUT2D eigenvalue weighted by atomic mass is 9.88. The van der Waals surface area contributed by atoms with Crippen molar-refractivity contribution in [2.45, 2.75) is 36.1 Å². The van der Waals surface area contributed by atoms with Crippen LogP contribution in [0.5, 0.6) is 0 Å². The van der Waals surface area contributed by atoms with Crippen LogP contribution in [0.2, 0.25) is 0 Å². The van der Waals surface area contributed by atoms with Crippen LogP contribution in [0, 0.1) is 11.3 Å². The van der Waals surface area contributed by atoms with Crippen molar-refractivity contribution in [3.63, 3.8) is 0 Å². The minimum absolute atomic E-state index is 0.503. The zero-order valence-electron chi connectivity index (χ0n) is 7.38. The third-order valence-corrected chi connectivity index (χ3v) is 5.23. The largest absolute Gasteiger partial charge is 0.392 e. The highest BCUT2D eigenvalue weighted by atomic mass is 79.9. The van der Waals surface area contributed by atoms with Gasteiger partial charge in [-0.15, -0.1) is 0 Å². The summed E-state index contributed by atoms with van der Waals surface area (Å²) < 4.78 is 36.9. The number of hydrogen-bond acceptors (Lipinski definition) is 0. The summed E-state index contributed by atoms with van der Waals surface area (Å²) in [4.78, 5) is 0. The summed E-state index contributed by atoms with van der Waals surface area (Å²) in [5.74, 6) is -1.26. The Balaban J connectivity index is 2.83. The summed E-state index contributed by atoms with van der Waals surface area (Å²) in [7, 11) is 0. The van der Waals surface area contributed by atoms with Gasteiger partial charge in [0.05, 0.1) is 9.15 Å². The molecule has 13 heavy (non-hydrogen) atoms. The lowest BCUT2D eigenvalue weighted by Gasteiger charge is -2.26. The summed E-state index contributed by atoms with van der Waals surface area (Å²) in [6.45, 7) is 3.06. The topological polar surface area (TPSA) is 0 Å². The second kappa shape index (κ2) is 3.12. The molecule has 0 aliphatic heterocycles. The van der Waals surface area contributed by atoms with Gasteiger partial charge in [-0.05, 0) is 12.8 Å². The lowest BCUT2D eigenvalue weighted by molar-refractivity contribution is -0.188. The molecular formula is C8H11Br2F3. The van der Waals surface area contributed by atoms with Crippen molar-refractivity contribution in [3.05, 3.63) is 0 Å². The molecule has 0 spiro atoms. The molecule has 1 rings (SSSR count). The Morgan fingerprint density at radius 1 is 1.38 bits per heavy atom. The molecule has 0 heterocycles. The third kappa shape index (κ3) is 1.78. The first kappa shape index (κ1) is 11.8. The van der Waals surface area contributed by atoms with Crippen molar-refractivity contribution in [1.29, 1.82) is 0 Å². The average molecular weight is 324 g/mol. The van der Waals surface area contributed by atoms with Gasteiger partial charge in [0.15, 0.2) is 0 Å². The summed E-state index contributed by atoms with van der Waals surface area (Å²) in [5, 5.41) is 0. The molecule has 0 N–H and O–H groups in total. The fourth-order valence-electron chi connectivity index (χ4n) is 1.82. The Hall–Kier alpha value is 0.750. The fraction of sp³-hybridized carbons (Fsp3) is 1.00. The summed E-state index contributed by atoms with van der Waals surface area (Å²) in [5.41, 5.74) is -0.661. The molecule has 0 aromatic heterocycles. The van der Waals surface area contributed by atoms with E-state index in [0.717, 1.165) is 0 Å². The van der Waals surface area contributed by atoms with Crippen LogP contribution < -0.4 is 0 Å². The quantitative estimate of drug-likeness (QED) is 0.658. The summed E-state index contributed by atoms with van der Waals surface area (Å²) >= 11 is 6.56. The number of hydrogen-bond donors (Lipinski definition) is 0. The van der Waals surface area contributed by atoms with E-state index in [4.69, 9.17) is 0 Å². The van der Waals surface area contributed by atoms with Gasteiger partial charge >= 0.3 is 6.18 Å². The molecule has 0 radical (unpaired) electrons. The first-order valence-electron chi connectivity index (χ1n) is 4.12. The van der Waals surface area contributed by atoms with Crippen molar-refractivity contribution in [3.8, 4) is 0 Å². The lowest BCUT2D eigenvalue weighted by Crippen LogP contribution is -2.31. The average Bonchev–Trinajstić information content (AvgIpc) is 2.51. The first-order chi connectivity index (χ1) is 5.67. The van der Waals surface area contributed by atoms with Crippen LogP contribution in [0.4, 0.5) is 13.2 Å². The number of halogens is 5. The van der Waals surface area contributed by atoms with E-state index in [-0.39, 0.29) is 0 Å². The maximum atomic E-state index is 12.5. The molecule has 0 bridgehead atoms. The van der Waals surface area contributed by atoms with E-state index in [0.29, 0.717) is 12.8 Å². The number of alkyl halides is 5. The van der Waals surface area contributed by atoms with E-state index in [2.05, 4.69) is 31.9 Å². The molecule has 1 fully saturated rings. The molecule has 78 valence electrons. The second-order valence-corrected chi connectivity index (χ2v) is 7.43. The van der Waals surface area contributed by atoms with E-state index >= 15 is 0 Å². The Kier molecular flexibility index (Phi) is 2.84. The van der Waals surface area contributed by atoms with E-state index in [9.17, 15) is 13.2 Å². The van der Waals surface area contributed by atoms with E-state index in [1.165, 1.54) is 6.92 Å². The van der Waals surface area contributed by atoms with Crippen molar-refractivity contribution >= 4 is 31.9 Å². The maximum absolute atomic E-state index is 12.5. The van der Waals surface area contributed by atoms with Crippen LogP contribution in [0.25, 0.3) is 0 Å². The smallest absolute Gasteiger partial charge is 0.171 e. The standard InChI is InChI=1S/C8H11Br2F3/c1-3-6(4-7(6,9)10)5(2)8(11,12)13/h5H,3-4H2,1-2H3. The van der Waals surface area contributed by atoms with Crippen molar-refractivity contribution < 1.29 is 13.2 Å². The molecule has 1 aliphatic rings. The molecule has 1 saturated carbocycles. The first-order valence-corrected chi connectivity index (χ1v) is 5.70. The van der Waals surface area contributed by atoms with Crippen LogP contribution in [0.15, 0.2) is 0 Å². The SMILES string of the molecule is CCC1(C(C)C(F)(F)F)CC1(Br)Br. The fourth-order valence-corrected chi connectivity index (χ4v) is 4.07. The van der Waals surface area contributed by atoms with Gasteiger partial charge in [-0.3, -0.25) is 0 Å². The van der Waals surface area contributed by atoms with Crippen molar-refractivity contribution in [1.82, 2.24) is 0 Å². The van der Waals surface area contributed by atoms with Gasteiger partial charge in [0, 0.05) is 5.41 Å². The van der Waals surface area contributed by atoms with Gasteiger partial charge in [0.25, 0.3) is 0 Å². The summed E-state index contributed by atoms with van der Waals surface area (Å²) in [6.07, 6.45) is -3.03. The Labute approximate surface area is 92.5 Å². The molecule has 0 aromatic rings. The molecule has 0 nitrogen and oxygen atoms in total. The zero-order chi connectivity index (χ0) is 10.5. The predicted octanol–water partition coefficient (Wildman–Crippen LogP) is 4.47. The Morgan fingerprint density at radius 3 is 1.85 bits per heavy atom. The molecule has 0 saturated heterocycles. The van der Waals surface area contributed by atoms with Crippen LogP contribution in [-0.2, 0) is 0 Å². The van der Waals surface area contributed by atoms with E-state index in [1.54, 1.807) is 6.92 Å². The molecule has 0 aromatic carbocycles. The molecule has 0 amide bonds. The van der Waals surface area contributed by atoms with Crippen LogP contribution in [-0.4, -0.2) is 9.41 Å². The normalized spacial score (nSPS) is 34.4. The van der Waals surface area contributed by atoms with Crippen LogP contribution in [0.3, 0.4) is 0 Å². The van der Waals surface area contributed by atoms with E-state index in [1.807, 2.05) is 0 Å². The Bertz CT molecular complexity index is 209. The highest BCUT2D eigenvalue weighted by Gasteiger charge is 2.70. The summed E-state index contributed by atoms with van der Waals surface area (Å²) in [6, 6.07) is 0. The Morgan fingerprint density at radius 2 is 1.77 bits per heavy atom. The molecule has 5 heteroatoms. The molecular weight excluding hydrogens is 313 g/mol. The van der Waals surface area contributed by atoms with E-state index < -0.39 is 20.7 Å². The highest BCUT2D eigenvalue weighted by molar-refractivity contribution is 9.25. The zero-order valence-corrected chi connectivity index (χ0v) is 10.6. The highest BCUT2D eigenvalue weighted by Crippen LogP contribution is 2.73. The number of rotatable bonds is 2. The second-order valence-electron chi connectivity index (χ2n) is 3.65. The van der Waals surface area contributed by atoms with Crippen molar-refractivity contribution in [2.75, 3.05) is 0 Å². The van der Waals surface area contributed by atoms with Crippen LogP contribution in [0.1, 0.15) is 26.7 Å². The molecule has 2 unspecified atom stereocenters. The van der Waals surface area contributed by atoms with Gasteiger partial charge in [0.1, 0.15) is 0 Å². The van der Waals surface area contributed by atoms with Gasteiger partial charge < -0.3 is 0 Å². The predicted molar refractivity (Wildman–Crippen MR) is 53.1 cm³/mol. The molecule has 1 aliphatic carbocycles. The van der Waals surface area contributed by atoms with Crippen LogP contribution >= 0.6 is 31.9 Å². The monoisotopic (exact) mass is 322 g/mol. The minimum Gasteiger partial charge on any atom is -0.171 e. The van der Waals surface area contributed by atoms with Gasteiger partial charge in [-0.2, -0.15) is 13.2 Å². The van der Waals surface area contributed by atoms with Gasteiger partial charge in [-0.25, -0.2) is 0 Å². The van der Waals surface area contributed by atoms with Crippen molar-refractivity contribution in [2.24, 2.45) is 11.3 Å². The maximum Gasteiger partial charge on any atom is 0.392 e. The molecule has 2 atom stereocenters. The van der Waals surface area contributed by atoms with Gasteiger partial charge in [-0.1, -0.05) is 45.7 Å². The third-order valence-electron chi connectivity index (χ3n) is 3.09. The van der Waals surface area contributed by atoms with Gasteiger partial charge in [0.2, 0.25) is 0 Å². The minimum atomic E-state index is -4.10.